The molecule has 4 rings (SSSR count). The molecule has 2 fully saturated rings. The number of nitrogens with one attached hydrogen (secondary N) is 1. The largest absolute Gasteiger partial charge is 0.361 e. The maximum absolute atomic E-state index is 12.7. The number of carbonyl (C=O) groups is 1. The summed E-state index contributed by atoms with van der Waals surface area (Å²) in [5.74, 6) is 0.161. The van der Waals surface area contributed by atoms with E-state index < -0.39 is 0 Å². The van der Waals surface area contributed by atoms with E-state index in [2.05, 4.69) is 9.88 Å². The summed E-state index contributed by atoms with van der Waals surface area (Å²) < 4.78 is 0. The van der Waals surface area contributed by atoms with Gasteiger partial charge in [0.1, 0.15) is 0 Å². The zero-order valence-corrected chi connectivity index (χ0v) is 11.5. The highest BCUT2D eigenvalue weighted by Crippen LogP contribution is 2.28. The Morgan fingerprint density at radius 3 is 2.65 bits per heavy atom. The number of amides is 1. The molecule has 104 valence electrons. The van der Waals surface area contributed by atoms with Gasteiger partial charge in [-0.3, -0.25) is 9.69 Å². The average molecular weight is 269 g/mol. The van der Waals surface area contributed by atoms with Crippen molar-refractivity contribution in [2.75, 3.05) is 26.2 Å². The highest BCUT2D eigenvalue weighted by atomic mass is 16.2. The summed E-state index contributed by atoms with van der Waals surface area (Å²) in [4.78, 5) is 20.4. The molecule has 2 aromatic rings. The number of aromatic nitrogens is 1. The van der Waals surface area contributed by atoms with E-state index in [0.717, 1.165) is 48.7 Å². The van der Waals surface area contributed by atoms with E-state index in [0.29, 0.717) is 0 Å². The van der Waals surface area contributed by atoms with Gasteiger partial charge in [0.15, 0.2) is 0 Å². The smallest absolute Gasteiger partial charge is 0.256 e. The number of para-hydroxylation sites is 1. The van der Waals surface area contributed by atoms with Gasteiger partial charge in [-0.2, -0.15) is 0 Å². The Labute approximate surface area is 118 Å². The molecule has 0 radical (unpaired) electrons. The summed E-state index contributed by atoms with van der Waals surface area (Å²) in [6.07, 6.45) is 4.58. The number of nitrogens with zero attached hydrogens (tertiary/aromatic N) is 2. The van der Waals surface area contributed by atoms with Crippen molar-refractivity contribution in [2.45, 2.75) is 18.9 Å². The van der Waals surface area contributed by atoms with Crippen LogP contribution in [0.2, 0.25) is 0 Å². The quantitative estimate of drug-likeness (QED) is 0.906. The lowest BCUT2D eigenvalue weighted by Crippen LogP contribution is -2.49. The van der Waals surface area contributed by atoms with Gasteiger partial charge in [-0.05, 0) is 25.0 Å². The molecule has 1 aliphatic carbocycles. The van der Waals surface area contributed by atoms with Crippen LogP contribution in [-0.4, -0.2) is 52.9 Å². The summed E-state index contributed by atoms with van der Waals surface area (Å²) in [7, 11) is 0. The monoisotopic (exact) mass is 269 g/mol. The van der Waals surface area contributed by atoms with Crippen molar-refractivity contribution in [3.63, 3.8) is 0 Å². The minimum absolute atomic E-state index is 0.161. The highest BCUT2D eigenvalue weighted by molar-refractivity contribution is 6.05. The lowest BCUT2D eigenvalue weighted by Gasteiger charge is -2.34. The molecular weight excluding hydrogens is 250 g/mol. The first kappa shape index (κ1) is 12.0. The van der Waals surface area contributed by atoms with Gasteiger partial charge < -0.3 is 9.88 Å². The van der Waals surface area contributed by atoms with Crippen LogP contribution in [0.5, 0.6) is 0 Å². The van der Waals surface area contributed by atoms with Crippen LogP contribution in [-0.2, 0) is 0 Å². The van der Waals surface area contributed by atoms with Gasteiger partial charge in [0.25, 0.3) is 5.91 Å². The topological polar surface area (TPSA) is 39.3 Å². The molecule has 1 N–H and O–H groups in total. The molecule has 4 heteroatoms. The fourth-order valence-electron chi connectivity index (χ4n) is 3.16. The predicted octanol–water partition coefficient (Wildman–Crippen LogP) is 2.09. The Morgan fingerprint density at radius 1 is 1.10 bits per heavy atom. The second kappa shape index (κ2) is 4.63. The Hall–Kier alpha value is -1.81. The van der Waals surface area contributed by atoms with E-state index >= 15 is 0 Å². The Morgan fingerprint density at radius 2 is 1.90 bits per heavy atom. The zero-order valence-electron chi connectivity index (χ0n) is 11.5. The number of piperazine rings is 1. The van der Waals surface area contributed by atoms with Crippen LogP contribution in [0.3, 0.4) is 0 Å². The highest BCUT2D eigenvalue weighted by Gasteiger charge is 2.32. The van der Waals surface area contributed by atoms with Gasteiger partial charge >= 0.3 is 0 Å². The van der Waals surface area contributed by atoms with E-state index in [1.165, 1.54) is 12.8 Å². The maximum Gasteiger partial charge on any atom is 0.256 e. The van der Waals surface area contributed by atoms with Crippen LogP contribution in [0.25, 0.3) is 10.9 Å². The molecular formula is C16H19N3O. The number of aromatic amines is 1. The maximum atomic E-state index is 12.7. The molecule has 1 aromatic carbocycles. The predicted molar refractivity (Wildman–Crippen MR) is 78.8 cm³/mol. The van der Waals surface area contributed by atoms with Gasteiger partial charge in [-0.1, -0.05) is 12.1 Å². The Bertz CT molecular complexity index is 636. The van der Waals surface area contributed by atoms with Crippen LogP contribution >= 0.6 is 0 Å². The van der Waals surface area contributed by atoms with Crippen LogP contribution in [0, 0.1) is 0 Å². The van der Waals surface area contributed by atoms with Crippen molar-refractivity contribution in [3.05, 3.63) is 36.0 Å². The number of rotatable bonds is 2. The van der Waals surface area contributed by atoms with Crippen LogP contribution in [0.15, 0.2) is 30.5 Å². The molecule has 1 aromatic heterocycles. The van der Waals surface area contributed by atoms with E-state index in [1.54, 1.807) is 0 Å². The van der Waals surface area contributed by atoms with Crippen molar-refractivity contribution in [1.82, 2.24) is 14.8 Å². The number of H-pyrrole nitrogens is 1. The average Bonchev–Trinajstić information content (AvgIpc) is 3.23. The third kappa shape index (κ3) is 2.00. The van der Waals surface area contributed by atoms with Gasteiger partial charge in [-0.15, -0.1) is 0 Å². The lowest BCUT2D eigenvalue weighted by molar-refractivity contribution is 0.0629. The first-order valence-corrected chi connectivity index (χ1v) is 7.42. The third-order valence-electron chi connectivity index (χ3n) is 4.48. The van der Waals surface area contributed by atoms with Crippen molar-refractivity contribution >= 4 is 16.8 Å². The van der Waals surface area contributed by atoms with Crippen LogP contribution in [0.1, 0.15) is 23.2 Å². The second-order valence-electron chi connectivity index (χ2n) is 5.81. The number of carbonyl (C=O) groups excluding carboxylic acids is 1. The molecule has 4 nitrogen and oxygen atoms in total. The summed E-state index contributed by atoms with van der Waals surface area (Å²) in [6, 6.07) is 8.74. The van der Waals surface area contributed by atoms with Gasteiger partial charge in [-0.25, -0.2) is 0 Å². The van der Waals surface area contributed by atoms with Crippen molar-refractivity contribution in [2.24, 2.45) is 0 Å². The van der Waals surface area contributed by atoms with Gasteiger partial charge in [0.05, 0.1) is 11.1 Å². The van der Waals surface area contributed by atoms with Crippen molar-refractivity contribution in [3.8, 4) is 0 Å². The zero-order chi connectivity index (χ0) is 13.5. The first-order valence-electron chi connectivity index (χ1n) is 7.42. The molecule has 1 aliphatic heterocycles. The van der Waals surface area contributed by atoms with Crippen LogP contribution < -0.4 is 0 Å². The molecule has 0 spiro atoms. The molecule has 0 atom stereocenters. The van der Waals surface area contributed by atoms with E-state index in [-0.39, 0.29) is 5.91 Å². The summed E-state index contributed by atoms with van der Waals surface area (Å²) in [5, 5.41) is 1.10. The number of benzene rings is 1. The minimum Gasteiger partial charge on any atom is -0.361 e. The van der Waals surface area contributed by atoms with Gasteiger partial charge in [0, 0.05) is 43.8 Å². The van der Waals surface area contributed by atoms with E-state index in [1.807, 2.05) is 35.4 Å². The molecule has 1 saturated heterocycles. The SMILES string of the molecule is O=C(c1cccc2cc[nH]c12)N1CCN(C2CC2)CC1. The Balaban J connectivity index is 1.53. The number of hydrogen-bond acceptors (Lipinski definition) is 2. The summed E-state index contributed by atoms with van der Waals surface area (Å²) in [6.45, 7) is 3.76. The van der Waals surface area contributed by atoms with E-state index in [4.69, 9.17) is 0 Å². The molecule has 1 amide bonds. The fraction of sp³-hybridized carbons (Fsp3) is 0.438. The fourth-order valence-corrected chi connectivity index (χ4v) is 3.16. The molecule has 2 heterocycles. The third-order valence-corrected chi connectivity index (χ3v) is 4.48. The molecule has 2 aliphatic rings. The van der Waals surface area contributed by atoms with E-state index in [9.17, 15) is 4.79 Å². The lowest BCUT2D eigenvalue weighted by atomic mass is 10.1. The molecule has 1 saturated carbocycles. The van der Waals surface area contributed by atoms with Crippen molar-refractivity contribution < 1.29 is 4.79 Å². The number of fused-ring (bicyclic) bond motifs is 1. The normalized spacial score (nSPS) is 20.5. The second-order valence-corrected chi connectivity index (χ2v) is 5.81. The molecule has 0 unspecified atom stereocenters. The molecule has 0 bridgehead atoms. The minimum atomic E-state index is 0.161. The standard InChI is InChI=1S/C16H19N3O/c20-16(14-3-1-2-12-6-7-17-15(12)14)19-10-8-18(9-11-19)13-4-5-13/h1-3,6-7,13,17H,4-5,8-11H2. The Kier molecular flexibility index (Phi) is 2.77. The van der Waals surface area contributed by atoms with Crippen LogP contribution in [0.4, 0.5) is 0 Å². The van der Waals surface area contributed by atoms with Crippen molar-refractivity contribution in [1.29, 1.82) is 0 Å². The summed E-state index contributed by atoms with van der Waals surface area (Å²) in [5.41, 5.74) is 1.76. The molecule has 20 heavy (non-hydrogen) atoms. The summed E-state index contributed by atoms with van der Waals surface area (Å²) >= 11 is 0. The van der Waals surface area contributed by atoms with Gasteiger partial charge in [0.2, 0.25) is 0 Å². The number of hydrogen-bond donors (Lipinski definition) is 1. The first-order chi connectivity index (χ1) is 9.83.